The lowest BCUT2D eigenvalue weighted by Gasteiger charge is -2.02. The van der Waals surface area contributed by atoms with E-state index in [-0.39, 0.29) is 5.91 Å². The van der Waals surface area contributed by atoms with Crippen LogP contribution >= 0.6 is 11.8 Å². The fourth-order valence-electron chi connectivity index (χ4n) is 2.90. The van der Waals surface area contributed by atoms with Gasteiger partial charge in [0.15, 0.2) is 5.17 Å². The number of nitrogens with zero attached hydrogens (tertiary/aromatic N) is 1. The second-order valence-corrected chi connectivity index (χ2v) is 7.01. The average Bonchev–Trinajstić information content (AvgIpc) is 3.03. The number of aliphatic imine (C=N–C) groups is 1. The Kier molecular flexibility index (Phi) is 4.94. The number of carbonyl (C=O) groups is 1. The van der Waals surface area contributed by atoms with Crippen molar-refractivity contribution < 1.29 is 9.53 Å². The Bertz CT molecular complexity index is 1050. The Morgan fingerprint density at radius 2 is 1.81 bits per heavy atom. The lowest BCUT2D eigenvalue weighted by molar-refractivity contribution is -0.115. The molecule has 0 bridgehead atoms. The number of ether oxygens (including phenoxy) is 1. The van der Waals surface area contributed by atoms with Crippen LogP contribution in [0, 0.1) is 0 Å². The molecular formula is C22H18N2O2S. The van der Waals surface area contributed by atoms with Crippen molar-refractivity contribution >= 4 is 45.4 Å². The molecule has 0 aromatic heterocycles. The molecule has 0 spiro atoms. The number of amidine groups is 1. The third-order valence-electron chi connectivity index (χ3n) is 4.14. The molecule has 134 valence electrons. The zero-order valence-electron chi connectivity index (χ0n) is 14.8. The zero-order chi connectivity index (χ0) is 18.6. The van der Waals surface area contributed by atoms with E-state index in [1.807, 2.05) is 61.5 Å². The van der Waals surface area contributed by atoms with Crippen molar-refractivity contribution in [1.82, 2.24) is 5.32 Å². The van der Waals surface area contributed by atoms with Crippen molar-refractivity contribution in [3.63, 3.8) is 0 Å². The number of hydrogen-bond acceptors (Lipinski definition) is 4. The first-order valence-electron chi connectivity index (χ1n) is 8.73. The minimum absolute atomic E-state index is 0.127. The molecule has 1 saturated heterocycles. The number of benzene rings is 3. The van der Waals surface area contributed by atoms with E-state index < -0.39 is 0 Å². The highest BCUT2D eigenvalue weighted by Crippen LogP contribution is 2.30. The molecule has 3 aromatic rings. The summed E-state index contributed by atoms with van der Waals surface area (Å²) in [6.45, 7) is 2.57. The molecular weight excluding hydrogens is 356 g/mol. The quantitative estimate of drug-likeness (QED) is 0.644. The first-order chi connectivity index (χ1) is 13.2. The highest BCUT2D eigenvalue weighted by Gasteiger charge is 2.24. The summed E-state index contributed by atoms with van der Waals surface area (Å²) in [5.74, 6) is 0.679. The fraction of sp³-hybridized carbons (Fsp3) is 0.0909. The molecule has 0 saturated carbocycles. The van der Waals surface area contributed by atoms with Crippen LogP contribution < -0.4 is 10.1 Å². The molecule has 1 amide bonds. The standard InChI is InChI=1S/C22H18N2O2S/c1-2-26-18-12-10-17(11-13-18)23-22-24-21(25)20(27-22)14-16-8-5-7-15-6-3-4-9-19(15)16/h3-14H,2H2,1H3,(H,23,24,25). The van der Waals surface area contributed by atoms with E-state index in [0.29, 0.717) is 16.7 Å². The SMILES string of the molecule is CCOc1ccc(N=C2NC(=O)C(=Cc3cccc4ccccc34)S2)cc1. The van der Waals surface area contributed by atoms with Crippen molar-refractivity contribution in [2.24, 2.45) is 4.99 Å². The highest BCUT2D eigenvalue weighted by molar-refractivity contribution is 8.18. The molecule has 4 nitrogen and oxygen atoms in total. The van der Waals surface area contributed by atoms with Gasteiger partial charge in [0.2, 0.25) is 0 Å². The van der Waals surface area contributed by atoms with E-state index in [9.17, 15) is 4.79 Å². The van der Waals surface area contributed by atoms with Gasteiger partial charge in [0, 0.05) is 0 Å². The first kappa shape index (κ1) is 17.4. The van der Waals surface area contributed by atoms with Crippen molar-refractivity contribution in [2.75, 3.05) is 6.61 Å². The third kappa shape index (κ3) is 3.88. The molecule has 27 heavy (non-hydrogen) atoms. The van der Waals surface area contributed by atoms with Gasteiger partial charge >= 0.3 is 0 Å². The van der Waals surface area contributed by atoms with Gasteiger partial charge in [-0.05, 0) is 65.4 Å². The van der Waals surface area contributed by atoms with Gasteiger partial charge in [0.25, 0.3) is 5.91 Å². The summed E-state index contributed by atoms with van der Waals surface area (Å²) < 4.78 is 5.43. The van der Waals surface area contributed by atoms with Gasteiger partial charge in [-0.25, -0.2) is 4.99 Å². The van der Waals surface area contributed by atoms with Crippen molar-refractivity contribution in [3.8, 4) is 5.75 Å². The number of hydrogen-bond donors (Lipinski definition) is 1. The molecule has 1 N–H and O–H groups in total. The summed E-state index contributed by atoms with van der Waals surface area (Å²) in [4.78, 5) is 17.5. The second kappa shape index (κ2) is 7.68. The monoisotopic (exact) mass is 374 g/mol. The van der Waals surface area contributed by atoms with Crippen LogP contribution in [0.4, 0.5) is 5.69 Å². The van der Waals surface area contributed by atoms with Crippen molar-refractivity contribution in [1.29, 1.82) is 0 Å². The van der Waals surface area contributed by atoms with E-state index in [4.69, 9.17) is 4.74 Å². The van der Waals surface area contributed by atoms with E-state index in [2.05, 4.69) is 28.5 Å². The average molecular weight is 374 g/mol. The van der Waals surface area contributed by atoms with Gasteiger partial charge in [-0.2, -0.15) is 0 Å². The Labute approximate surface area is 162 Å². The van der Waals surface area contributed by atoms with Gasteiger partial charge in [0.1, 0.15) is 5.75 Å². The lowest BCUT2D eigenvalue weighted by Crippen LogP contribution is -2.19. The largest absolute Gasteiger partial charge is 0.494 e. The molecule has 0 atom stereocenters. The van der Waals surface area contributed by atoms with Crippen LogP contribution in [0.5, 0.6) is 5.75 Å². The maximum atomic E-state index is 12.4. The normalized spacial score (nSPS) is 16.9. The first-order valence-corrected chi connectivity index (χ1v) is 9.55. The molecule has 0 radical (unpaired) electrons. The summed E-state index contributed by atoms with van der Waals surface area (Å²) in [7, 11) is 0. The predicted molar refractivity (Wildman–Crippen MR) is 112 cm³/mol. The minimum atomic E-state index is -0.127. The van der Waals surface area contributed by atoms with Crippen LogP contribution in [-0.4, -0.2) is 17.7 Å². The van der Waals surface area contributed by atoms with Crippen LogP contribution in [0.1, 0.15) is 12.5 Å². The van der Waals surface area contributed by atoms with Crippen LogP contribution in [0.15, 0.2) is 76.6 Å². The molecule has 0 unspecified atom stereocenters. The molecule has 1 aliphatic heterocycles. The van der Waals surface area contributed by atoms with Gasteiger partial charge in [0.05, 0.1) is 17.2 Å². The number of carbonyl (C=O) groups excluding carboxylic acids is 1. The van der Waals surface area contributed by atoms with E-state index >= 15 is 0 Å². The number of amides is 1. The maximum Gasteiger partial charge on any atom is 0.264 e. The molecule has 1 aliphatic rings. The molecule has 4 rings (SSSR count). The van der Waals surface area contributed by atoms with E-state index in [0.717, 1.165) is 27.8 Å². The summed E-state index contributed by atoms with van der Waals surface area (Å²) in [6.07, 6.45) is 1.92. The molecule has 1 heterocycles. The molecule has 0 aliphatic carbocycles. The number of thioether (sulfide) groups is 1. The summed E-state index contributed by atoms with van der Waals surface area (Å²) in [5, 5.41) is 5.69. The van der Waals surface area contributed by atoms with Crippen LogP contribution in [0.3, 0.4) is 0 Å². The van der Waals surface area contributed by atoms with Gasteiger partial charge in [-0.15, -0.1) is 0 Å². The Morgan fingerprint density at radius 1 is 1.04 bits per heavy atom. The summed E-state index contributed by atoms with van der Waals surface area (Å²) >= 11 is 1.35. The molecule has 3 aromatic carbocycles. The highest BCUT2D eigenvalue weighted by atomic mass is 32.2. The maximum absolute atomic E-state index is 12.4. The van der Waals surface area contributed by atoms with Crippen molar-refractivity contribution in [2.45, 2.75) is 6.92 Å². The number of fused-ring (bicyclic) bond motifs is 1. The summed E-state index contributed by atoms with van der Waals surface area (Å²) in [5.41, 5.74) is 1.79. The van der Waals surface area contributed by atoms with Crippen LogP contribution in [-0.2, 0) is 4.79 Å². The summed E-state index contributed by atoms with van der Waals surface area (Å²) in [6, 6.07) is 21.7. The lowest BCUT2D eigenvalue weighted by atomic mass is 10.0. The van der Waals surface area contributed by atoms with E-state index in [1.54, 1.807) is 0 Å². The number of nitrogens with one attached hydrogen (secondary N) is 1. The van der Waals surface area contributed by atoms with Gasteiger partial charge < -0.3 is 10.1 Å². The van der Waals surface area contributed by atoms with Gasteiger partial charge in [-0.3, -0.25) is 4.79 Å². The smallest absolute Gasteiger partial charge is 0.264 e. The number of rotatable bonds is 4. The van der Waals surface area contributed by atoms with Crippen molar-refractivity contribution in [3.05, 3.63) is 77.2 Å². The van der Waals surface area contributed by atoms with Crippen LogP contribution in [0.25, 0.3) is 16.8 Å². The Hall–Kier alpha value is -3.05. The minimum Gasteiger partial charge on any atom is -0.494 e. The third-order valence-corrected chi connectivity index (χ3v) is 5.05. The van der Waals surface area contributed by atoms with Crippen LogP contribution in [0.2, 0.25) is 0 Å². The fourth-order valence-corrected chi connectivity index (χ4v) is 3.73. The Balaban J connectivity index is 1.59. The topological polar surface area (TPSA) is 50.7 Å². The molecule has 1 fully saturated rings. The zero-order valence-corrected chi connectivity index (χ0v) is 15.6. The molecule has 5 heteroatoms. The predicted octanol–water partition coefficient (Wildman–Crippen LogP) is 5.13. The second-order valence-electron chi connectivity index (χ2n) is 5.98. The van der Waals surface area contributed by atoms with E-state index in [1.165, 1.54) is 11.8 Å². The Morgan fingerprint density at radius 3 is 2.63 bits per heavy atom. The van der Waals surface area contributed by atoms with Gasteiger partial charge in [-0.1, -0.05) is 42.5 Å².